The van der Waals surface area contributed by atoms with Crippen LogP contribution in [0, 0.1) is 5.41 Å². The van der Waals surface area contributed by atoms with E-state index in [4.69, 9.17) is 5.11 Å². The molecule has 17 heavy (non-hydrogen) atoms. The number of carbonyl (C=O) groups is 2. The Labute approximate surface area is 102 Å². The Morgan fingerprint density at radius 2 is 1.94 bits per heavy atom. The molecule has 1 fully saturated rings. The molecule has 0 aliphatic heterocycles. The van der Waals surface area contributed by atoms with Crippen LogP contribution < -0.4 is 5.32 Å². The zero-order valence-electron chi connectivity index (χ0n) is 10.7. The predicted molar refractivity (Wildman–Crippen MR) is 64.7 cm³/mol. The van der Waals surface area contributed by atoms with Crippen LogP contribution in [-0.2, 0) is 9.59 Å². The zero-order valence-corrected chi connectivity index (χ0v) is 10.7. The number of hydrogen-bond donors (Lipinski definition) is 2. The van der Waals surface area contributed by atoms with Crippen LogP contribution in [0.25, 0.3) is 0 Å². The minimum absolute atomic E-state index is 0.305. The third kappa shape index (κ3) is 3.43. The van der Waals surface area contributed by atoms with Crippen molar-refractivity contribution in [3.05, 3.63) is 0 Å². The minimum Gasteiger partial charge on any atom is -0.480 e. The van der Waals surface area contributed by atoms with E-state index in [-0.39, 0.29) is 5.91 Å². The van der Waals surface area contributed by atoms with Gasteiger partial charge in [0.25, 0.3) is 0 Å². The Morgan fingerprint density at radius 1 is 1.29 bits per heavy atom. The summed E-state index contributed by atoms with van der Waals surface area (Å²) in [5.74, 6) is -1.28. The van der Waals surface area contributed by atoms with Gasteiger partial charge in [-0.05, 0) is 46.3 Å². The Kier molecular flexibility index (Phi) is 4.93. The van der Waals surface area contributed by atoms with E-state index < -0.39 is 11.4 Å². The van der Waals surface area contributed by atoms with Gasteiger partial charge in [0.15, 0.2) is 0 Å². The van der Waals surface area contributed by atoms with Gasteiger partial charge in [-0.1, -0.05) is 6.42 Å². The summed E-state index contributed by atoms with van der Waals surface area (Å²) in [4.78, 5) is 24.9. The SMILES string of the molecule is CN(C)CCCCNC(=O)C1(C(=O)O)CCC1. The lowest BCUT2D eigenvalue weighted by Crippen LogP contribution is -2.51. The van der Waals surface area contributed by atoms with Crippen molar-refractivity contribution in [2.45, 2.75) is 32.1 Å². The average molecular weight is 242 g/mol. The van der Waals surface area contributed by atoms with Gasteiger partial charge < -0.3 is 15.3 Å². The fourth-order valence-electron chi connectivity index (χ4n) is 1.99. The highest BCUT2D eigenvalue weighted by molar-refractivity contribution is 6.02. The van der Waals surface area contributed by atoms with Gasteiger partial charge in [-0.3, -0.25) is 9.59 Å². The molecule has 98 valence electrons. The highest BCUT2D eigenvalue weighted by atomic mass is 16.4. The smallest absolute Gasteiger partial charge is 0.319 e. The van der Waals surface area contributed by atoms with Gasteiger partial charge in [0.2, 0.25) is 5.91 Å². The van der Waals surface area contributed by atoms with Crippen LogP contribution >= 0.6 is 0 Å². The summed E-state index contributed by atoms with van der Waals surface area (Å²) in [5, 5.41) is 11.8. The molecule has 0 radical (unpaired) electrons. The number of nitrogens with zero attached hydrogens (tertiary/aromatic N) is 1. The molecule has 0 aromatic heterocycles. The molecule has 5 nitrogen and oxygen atoms in total. The van der Waals surface area contributed by atoms with Crippen LogP contribution in [0.3, 0.4) is 0 Å². The molecule has 1 aliphatic rings. The van der Waals surface area contributed by atoms with E-state index in [9.17, 15) is 9.59 Å². The van der Waals surface area contributed by atoms with Gasteiger partial charge in [-0.25, -0.2) is 0 Å². The summed E-state index contributed by atoms with van der Waals surface area (Å²) in [6, 6.07) is 0. The van der Waals surface area contributed by atoms with E-state index in [1.165, 1.54) is 0 Å². The second kappa shape index (κ2) is 6.00. The van der Waals surface area contributed by atoms with Crippen LogP contribution in [0.1, 0.15) is 32.1 Å². The first-order valence-corrected chi connectivity index (χ1v) is 6.15. The van der Waals surface area contributed by atoms with Crippen molar-refractivity contribution in [2.75, 3.05) is 27.2 Å². The largest absolute Gasteiger partial charge is 0.480 e. The molecular weight excluding hydrogens is 220 g/mol. The molecule has 0 heterocycles. The Bertz CT molecular complexity index is 285. The number of rotatable bonds is 7. The lowest BCUT2D eigenvalue weighted by molar-refractivity contribution is -0.162. The van der Waals surface area contributed by atoms with E-state index in [1.807, 2.05) is 14.1 Å². The Hall–Kier alpha value is -1.10. The number of hydrogen-bond acceptors (Lipinski definition) is 3. The number of carboxylic acids is 1. The first-order valence-electron chi connectivity index (χ1n) is 6.15. The maximum Gasteiger partial charge on any atom is 0.319 e. The van der Waals surface area contributed by atoms with Crippen molar-refractivity contribution in [3.63, 3.8) is 0 Å². The van der Waals surface area contributed by atoms with Crippen molar-refractivity contribution in [2.24, 2.45) is 5.41 Å². The molecule has 0 bridgehead atoms. The van der Waals surface area contributed by atoms with Crippen molar-refractivity contribution in [3.8, 4) is 0 Å². The Balaban J connectivity index is 2.23. The van der Waals surface area contributed by atoms with Crippen LogP contribution in [0.4, 0.5) is 0 Å². The van der Waals surface area contributed by atoms with Crippen LogP contribution in [-0.4, -0.2) is 49.1 Å². The lowest BCUT2D eigenvalue weighted by atomic mass is 9.68. The molecule has 1 aliphatic carbocycles. The monoisotopic (exact) mass is 242 g/mol. The van der Waals surface area contributed by atoms with Crippen LogP contribution in [0.5, 0.6) is 0 Å². The molecule has 1 amide bonds. The first kappa shape index (κ1) is 14.0. The van der Waals surface area contributed by atoms with Gasteiger partial charge in [-0.15, -0.1) is 0 Å². The molecule has 0 aromatic rings. The van der Waals surface area contributed by atoms with E-state index >= 15 is 0 Å². The number of aliphatic carboxylic acids is 1. The highest BCUT2D eigenvalue weighted by Crippen LogP contribution is 2.41. The second-order valence-electron chi connectivity index (χ2n) is 5.01. The fraction of sp³-hybridized carbons (Fsp3) is 0.833. The molecule has 1 saturated carbocycles. The van der Waals surface area contributed by atoms with Crippen molar-refractivity contribution in [1.82, 2.24) is 10.2 Å². The molecule has 0 spiro atoms. The van der Waals surface area contributed by atoms with Crippen molar-refractivity contribution in [1.29, 1.82) is 0 Å². The number of unbranched alkanes of at least 4 members (excludes halogenated alkanes) is 1. The molecule has 1 rings (SSSR count). The molecule has 2 N–H and O–H groups in total. The average Bonchev–Trinajstić information content (AvgIpc) is 2.14. The van der Waals surface area contributed by atoms with Gasteiger partial charge in [0.1, 0.15) is 5.41 Å². The first-order chi connectivity index (χ1) is 7.99. The van der Waals surface area contributed by atoms with Gasteiger partial charge >= 0.3 is 5.97 Å². The number of nitrogens with one attached hydrogen (secondary N) is 1. The van der Waals surface area contributed by atoms with Gasteiger partial charge in [0, 0.05) is 6.54 Å². The number of carbonyl (C=O) groups excluding carboxylic acids is 1. The maximum absolute atomic E-state index is 11.8. The fourth-order valence-corrected chi connectivity index (χ4v) is 1.99. The molecule has 5 heteroatoms. The highest BCUT2D eigenvalue weighted by Gasteiger charge is 2.50. The van der Waals surface area contributed by atoms with Crippen LogP contribution in [0.15, 0.2) is 0 Å². The van der Waals surface area contributed by atoms with E-state index in [0.717, 1.165) is 25.8 Å². The maximum atomic E-state index is 11.8. The summed E-state index contributed by atoms with van der Waals surface area (Å²) < 4.78 is 0. The molecule has 0 aromatic carbocycles. The second-order valence-corrected chi connectivity index (χ2v) is 5.01. The zero-order chi connectivity index (χ0) is 12.9. The van der Waals surface area contributed by atoms with E-state index in [0.29, 0.717) is 19.4 Å². The van der Waals surface area contributed by atoms with Crippen molar-refractivity contribution >= 4 is 11.9 Å². The van der Waals surface area contributed by atoms with Crippen molar-refractivity contribution < 1.29 is 14.7 Å². The number of amides is 1. The summed E-state index contributed by atoms with van der Waals surface area (Å²) in [5.41, 5.74) is -1.12. The minimum atomic E-state index is -1.12. The van der Waals surface area contributed by atoms with Gasteiger partial charge in [-0.2, -0.15) is 0 Å². The standard InChI is InChI=1S/C12H22N2O3/c1-14(2)9-4-3-8-13-10(15)12(11(16)17)6-5-7-12/h3-9H2,1-2H3,(H,13,15)(H,16,17). The molecule has 0 atom stereocenters. The normalized spacial score (nSPS) is 17.6. The molecule has 0 saturated heterocycles. The topological polar surface area (TPSA) is 69.6 Å². The summed E-state index contributed by atoms with van der Waals surface area (Å²) >= 11 is 0. The van der Waals surface area contributed by atoms with Crippen LogP contribution in [0.2, 0.25) is 0 Å². The predicted octanol–water partition coefficient (Wildman–Crippen LogP) is 0.699. The summed E-state index contributed by atoms with van der Waals surface area (Å²) in [6.07, 6.45) is 3.69. The van der Waals surface area contributed by atoms with Gasteiger partial charge in [0.05, 0.1) is 0 Å². The molecular formula is C12H22N2O3. The number of carboxylic acid groups (broad SMARTS) is 1. The van der Waals surface area contributed by atoms with E-state index in [2.05, 4.69) is 10.2 Å². The lowest BCUT2D eigenvalue weighted by Gasteiger charge is -2.35. The molecule has 0 unspecified atom stereocenters. The van der Waals surface area contributed by atoms with E-state index in [1.54, 1.807) is 0 Å². The Morgan fingerprint density at radius 3 is 2.35 bits per heavy atom. The third-order valence-electron chi connectivity index (χ3n) is 3.37. The summed E-state index contributed by atoms with van der Waals surface area (Å²) in [7, 11) is 4.01. The quantitative estimate of drug-likeness (QED) is 0.509. The third-order valence-corrected chi connectivity index (χ3v) is 3.37. The summed E-state index contributed by atoms with van der Waals surface area (Å²) in [6.45, 7) is 1.56.